The van der Waals surface area contributed by atoms with Crippen molar-refractivity contribution in [3.63, 3.8) is 0 Å². The molecule has 2 atom stereocenters. The highest BCUT2D eigenvalue weighted by molar-refractivity contribution is 5.73. The summed E-state index contributed by atoms with van der Waals surface area (Å²) in [5, 5.41) is 8.78. The fourth-order valence-corrected chi connectivity index (χ4v) is 2.31. The standard InChI is InChI=1S/C14H18O2/c1-10-4-2-5-11(8-10)6-3-7-12-9-13(12)14(15)16/h2,4-5,8,12-13H,3,6-7,9H2,1H3,(H,15,16). The Labute approximate surface area is 96.3 Å². The monoisotopic (exact) mass is 218 g/mol. The van der Waals surface area contributed by atoms with E-state index in [0.717, 1.165) is 25.7 Å². The fourth-order valence-electron chi connectivity index (χ4n) is 2.31. The van der Waals surface area contributed by atoms with E-state index in [1.165, 1.54) is 11.1 Å². The average molecular weight is 218 g/mol. The Morgan fingerprint density at radius 1 is 1.50 bits per heavy atom. The van der Waals surface area contributed by atoms with E-state index in [1.54, 1.807) is 0 Å². The van der Waals surface area contributed by atoms with Gasteiger partial charge in [-0.25, -0.2) is 0 Å². The van der Waals surface area contributed by atoms with Gasteiger partial charge in [0.25, 0.3) is 0 Å². The van der Waals surface area contributed by atoms with Gasteiger partial charge in [0.15, 0.2) is 0 Å². The molecule has 2 nitrogen and oxygen atoms in total. The molecule has 1 fully saturated rings. The van der Waals surface area contributed by atoms with Crippen LogP contribution in [0.15, 0.2) is 24.3 Å². The lowest BCUT2D eigenvalue weighted by Crippen LogP contribution is -1.99. The maximum atomic E-state index is 10.6. The summed E-state index contributed by atoms with van der Waals surface area (Å²) in [6.45, 7) is 2.10. The normalized spacial score (nSPS) is 23.1. The summed E-state index contributed by atoms with van der Waals surface area (Å²) in [6, 6.07) is 8.54. The third-order valence-electron chi connectivity index (χ3n) is 3.36. The van der Waals surface area contributed by atoms with Crippen LogP contribution >= 0.6 is 0 Å². The first kappa shape index (κ1) is 11.2. The Bertz CT molecular complexity index is 384. The van der Waals surface area contributed by atoms with Crippen LogP contribution in [0.2, 0.25) is 0 Å². The first-order valence-corrected chi connectivity index (χ1v) is 5.95. The van der Waals surface area contributed by atoms with Gasteiger partial charge in [-0.05, 0) is 44.1 Å². The largest absolute Gasteiger partial charge is 0.481 e. The topological polar surface area (TPSA) is 37.3 Å². The van der Waals surface area contributed by atoms with Crippen molar-refractivity contribution in [1.29, 1.82) is 0 Å². The van der Waals surface area contributed by atoms with Crippen LogP contribution in [0, 0.1) is 18.8 Å². The van der Waals surface area contributed by atoms with Crippen molar-refractivity contribution >= 4 is 5.97 Å². The van der Waals surface area contributed by atoms with Gasteiger partial charge in [-0.2, -0.15) is 0 Å². The van der Waals surface area contributed by atoms with Gasteiger partial charge in [0.2, 0.25) is 0 Å². The molecule has 0 heterocycles. The average Bonchev–Trinajstić information content (AvgIpc) is 2.97. The molecule has 0 radical (unpaired) electrons. The number of hydrogen-bond acceptors (Lipinski definition) is 1. The number of carbonyl (C=O) groups is 1. The van der Waals surface area contributed by atoms with E-state index >= 15 is 0 Å². The van der Waals surface area contributed by atoms with Gasteiger partial charge in [-0.1, -0.05) is 29.8 Å². The maximum absolute atomic E-state index is 10.6. The number of benzene rings is 1. The highest BCUT2D eigenvalue weighted by Crippen LogP contribution is 2.42. The molecule has 0 aliphatic heterocycles. The Balaban J connectivity index is 1.71. The van der Waals surface area contributed by atoms with Crippen molar-refractivity contribution in [2.45, 2.75) is 32.6 Å². The summed E-state index contributed by atoms with van der Waals surface area (Å²) in [7, 11) is 0. The predicted octanol–water partition coefficient (Wildman–Crippen LogP) is 3.04. The summed E-state index contributed by atoms with van der Waals surface area (Å²) in [6.07, 6.45) is 4.14. The van der Waals surface area contributed by atoms with E-state index < -0.39 is 5.97 Å². The third-order valence-corrected chi connectivity index (χ3v) is 3.36. The van der Waals surface area contributed by atoms with E-state index in [0.29, 0.717) is 5.92 Å². The second-order valence-electron chi connectivity index (χ2n) is 4.82. The fraction of sp³-hybridized carbons (Fsp3) is 0.500. The first-order valence-electron chi connectivity index (χ1n) is 5.95. The van der Waals surface area contributed by atoms with Crippen LogP contribution in [-0.2, 0) is 11.2 Å². The minimum atomic E-state index is -0.611. The molecule has 0 saturated heterocycles. The molecule has 2 heteroatoms. The van der Waals surface area contributed by atoms with Crippen LogP contribution in [0.4, 0.5) is 0 Å². The van der Waals surface area contributed by atoms with Gasteiger partial charge in [-0.3, -0.25) is 4.79 Å². The Morgan fingerprint density at radius 3 is 2.94 bits per heavy atom. The molecule has 0 amide bonds. The quantitative estimate of drug-likeness (QED) is 0.824. The lowest BCUT2D eigenvalue weighted by molar-refractivity contribution is -0.138. The van der Waals surface area contributed by atoms with E-state index in [4.69, 9.17) is 5.11 Å². The Kier molecular flexibility index (Phi) is 3.28. The number of carboxylic acids is 1. The Morgan fingerprint density at radius 2 is 2.31 bits per heavy atom. The summed E-state index contributed by atoms with van der Waals surface area (Å²) in [5.41, 5.74) is 2.67. The molecule has 1 aliphatic rings. The van der Waals surface area contributed by atoms with Crippen molar-refractivity contribution in [2.24, 2.45) is 11.8 Å². The van der Waals surface area contributed by atoms with E-state index in [2.05, 4.69) is 31.2 Å². The minimum absolute atomic E-state index is 0.0440. The number of aryl methyl sites for hydroxylation is 2. The second-order valence-corrected chi connectivity index (χ2v) is 4.82. The molecule has 86 valence electrons. The molecule has 2 unspecified atom stereocenters. The SMILES string of the molecule is Cc1cccc(CCCC2CC2C(=O)O)c1. The van der Waals surface area contributed by atoms with Crippen molar-refractivity contribution in [3.8, 4) is 0 Å². The molecule has 1 saturated carbocycles. The van der Waals surface area contributed by atoms with Gasteiger partial charge in [0, 0.05) is 0 Å². The summed E-state index contributed by atoms with van der Waals surface area (Å²) in [5.74, 6) is -0.208. The molecule has 1 aliphatic carbocycles. The molecule has 1 N–H and O–H groups in total. The zero-order chi connectivity index (χ0) is 11.5. The van der Waals surface area contributed by atoms with Gasteiger partial charge in [0.05, 0.1) is 5.92 Å². The van der Waals surface area contributed by atoms with Gasteiger partial charge in [-0.15, -0.1) is 0 Å². The smallest absolute Gasteiger partial charge is 0.306 e. The zero-order valence-corrected chi connectivity index (χ0v) is 9.65. The van der Waals surface area contributed by atoms with E-state index in [1.807, 2.05) is 0 Å². The van der Waals surface area contributed by atoms with Crippen molar-refractivity contribution in [1.82, 2.24) is 0 Å². The van der Waals surface area contributed by atoms with Crippen molar-refractivity contribution in [2.75, 3.05) is 0 Å². The molecule has 16 heavy (non-hydrogen) atoms. The van der Waals surface area contributed by atoms with Gasteiger partial charge >= 0.3 is 5.97 Å². The molecule has 1 aromatic rings. The molecule has 0 aromatic heterocycles. The third kappa shape index (κ3) is 2.84. The molecule has 0 bridgehead atoms. The summed E-state index contributed by atoms with van der Waals surface area (Å²) >= 11 is 0. The molecule has 0 spiro atoms. The minimum Gasteiger partial charge on any atom is -0.481 e. The first-order chi connectivity index (χ1) is 7.66. The highest BCUT2D eigenvalue weighted by Gasteiger charge is 2.42. The maximum Gasteiger partial charge on any atom is 0.306 e. The van der Waals surface area contributed by atoms with Crippen molar-refractivity contribution in [3.05, 3.63) is 35.4 Å². The second kappa shape index (κ2) is 4.69. The number of aliphatic carboxylic acids is 1. The summed E-state index contributed by atoms with van der Waals surface area (Å²) < 4.78 is 0. The van der Waals surface area contributed by atoms with Gasteiger partial charge in [0.1, 0.15) is 0 Å². The predicted molar refractivity (Wildman–Crippen MR) is 63.3 cm³/mol. The van der Waals surface area contributed by atoms with Crippen LogP contribution in [0.3, 0.4) is 0 Å². The van der Waals surface area contributed by atoms with E-state index in [-0.39, 0.29) is 5.92 Å². The van der Waals surface area contributed by atoms with Crippen LogP contribution in [-0.4, -0.2) is 11.1 Å². The highest BCUT2D eigenvalue weighted by atomic mass is 16.4. The number of carboxylic acid groups (broad SMARTS) is 1. The van der Waals surface area contributed by atoms with Crippen LogP contribution in [0.25, 0.3) is 0 Å². The zero-order valence-electron chi connectivity index (χ0n) is 9.65. The molecule has 2 rings (SSSR count). The Hall–Kier alpha value is -1.31. The molecule has 1 aromatic carbocycles. The van der Waals surface area contributed by atoms with Gasteiger partial charge < -0.3 is 5.11 Å². The van der Waals surface area contributed by atoms with Crippen LogP contribution in [0.1, 0.15) is 30.4 Å². The molecular formula is C14H18O2. The number of hydrogen-bond donors (Lipinski definition) is 1. The van der Waals surface area contributed by atoms with Crippen LogP contribution in [0.5, 0.6) is 0 Å². The van der Waals surface area contributed by atoms with E-state index in [9.17, 15) is 4.79 Å². The van der Waals surface area contributed by atoms with Crippen LogP contribution < -0.4 is 0 Å². The van der Waals surface area contributed by atoms with Crippen molar-refractivity contribution < 1.29 is 9.90 Å². The lowest BCUT2D eigenvalue weighted by Gasteiger charge is -2.02. The molecular weight excluding hydrogens is 200 g/mol. The summed E-state index contributed by atoms with van der Waals surface area (Å²) in [4.78, 5) is 10.6. The number of rotatable bonds is 5. The lowest BCUT2D eigenvalue weighted by atomic mass is 10.0.